The lowest BCUT2D eigenvalue weighted by atomic mass is 10.2. The molecule has 0 aliphatic heterocycles. The molecule has 0 bridgehead atoms. The topological polar surface area (TPSA) is 118 Å². The highest BCUT2D eigenvalue weighted by Gasteiger charge is 2.22. The van der Waals surface area contributed by atoms with E-state index in [1.165, 1.54) is 18.1 Å². The Labute approximate surface area is 121 Å². The molecule has 0 spiro atoms. The zero-order chi connectivity index (χ0) is 15.8. The Morgan fingerprint density at radius 3 is 2.81 bits per heavy atom. The molecule has 2 N–H and O–H groups in total. The monoisotopic (exact) mass is 298 g/mol. The van der Waals surface area contributed by atoms with Crippen molar-refractivity contribution in [3.63, 3.8) is 0 Å². The number of anilines is 1. The van der Waals surface area contributed by atoms with Crippen LogP contribution in [0, 0.1) is 10.1 Å². The minimum Gasteiger partial charge on any atom is -0.395 e. The highest BCUT2D eigenvalue weighted by Crippen LogP contribution is 2.20. The first-order chi connectivity index (χ1) is 10.0. The smallest absolute Gasteiger partial charge is 0.288 e. The van der Waals surface area contributed by atoms with Crippen LogP contribution in [0.4, 0.5) is 11.5 Å². The number of amides is 1. The Balaban J connectivity index is 3.11. The van der Waals surface area contributed by atoms with Crippen molar-refractivity contribution in [3.8, 4) is 0 Å². The number of ether oxygens (including phenoxy) is 1. The molecule has 1 rings (SSSR count). The van der Waals surface area contributed by atoms with Crippen molar-refractivity contribution in [2.45, 2.75) is 0 Å². The molecule has 9 heteroatoms. The summed E-state index contributed by atoms with van der Waals surface area (Å²) in [6.07, 6.45) is 1.08. The van der Waals surface area contributed by atoms with E-state index >= 15 is 0 Å². The quantitative estimate of drug-likeness (QED) is 0.516. The first-order valence-electron chi connectivity index (χ1n) is 6.26. The molecule has 1 aromatic rings. The van der Waals surface area contributed by atoms with Gasteiger partial charge in [0.15, 0.2) is 0 Å². The van der Waals surface area contributed by atoms with E-state index in [-0.39, 0.29) is 36.8 Å². The Hall–Kier alpha value is -2.26. The van der Waals surface area contributed by atoms with Gasteiger partial charge in [-0.25, -0.2) is 4.98 Å². The molecule has 0 saturated carbocycles. The number of aliphatic hydroxyl groups is 1. The third-order valence-electron chi connectivity index (χ3n) is 2.77. The minimum absolute atomic E-state index is 0.0799. The van der Waals surface area contributed by atoms with E-state index < -0.39 is 10.8 Å². The van der Waals surface area contributed by atoms with Crippen LogP contribution in [0.3, 0.4) is 0 Å². The van der Waals surface area contributed by atoms with Crippen LogP contribution in [0.5, 0.6) is 0 Å². The third kappa shape index (κ3) is 4.36. The fraction of sp³-hybridized carbons (Fsp3) is 0.500. The van der Waals surface area contributed by atoms with Crippen molar-refractivity contribution in [1.29, 1.82) is 0 Å². The van der Waals surface area contributed by atoms with E-state index in [4.69, 9.17) is 9.84 Å². The van der Waals surface area contributed by atoms with Crippen LogP contribution < -0.4 is 5.32 Å². The summed E-state index contributed by atoms with van der Waals surface area (Å²) >= 11 is 0. The fourth-order valence-corrected chi connectivity index (χ4v) is 1.72. The number of nitro groups is 1. The van der Waals surface area contributed by atoms with E-state index in [9.17, 15) is 14.9 Å². The van der Waals surface area contributed by atoms with Gasteiger partial charge < -0.3 is 20.1 Å². The predicted octanol–water partition coefficient (Wildman–Crippen LogP) is 0.112. The van der Waals surface area contributed by atoms with Crippen LogP contribution >= 0.6 is 0 Å². The summed E-state index contributed by atoms with van der Waals surface area (Å²) in [6.45, 7) is 0.450. The first-order valence-corrected chi connectivity index (χ1v) is 6.26. The average Bonchev–Trinajstić information content (AvgIpc) is 2.49. The van der Waals surface area contributed by atoms with E-state index in [0.29, 0.717) is 6.61 Å². The molecular weight excluding hydrogens is 280 g/mol. The molecule has 0 saturated heterocycles. The lowest BCUT2D eigenvalue weighted by Gasteiger charge is -2.22. The summed E-state index contributed by atoms with van der Waals surface area (Å²) in [7, 11) is 3.06. The second-order valence-electron chi connectivity index (χ2n) is 4.11. The summed E-state index contributed by atoms with van der Waals surface area (Å²) < 4.78 is 4.91. The summed E-state index contributed by atoms with van der Waals surface area (Å²) in [5.74, 6) is -0.215. The first kappa shape index (κ1) is 16.8. The molecule has 1 aromatic heterocycles. The van der Waals surface area contributed by atoms with Gasteiger partial charge in [-0.15, -0.1) is 0 Å². The van der Waals surface area contributed by atoms with Crippen LogP contribution in [0.25, 0.3) is 0 Å². The van der Waals surface area contributed by atoms with Crippen LogP contribution in [0.2, 0.25) is 0 Å². The van der Waals surface area contributed by atoms with Gasteiger partial charge in [0, 0.05) is 33.3 Å². The van der Waals surface area contributed by atoms with Gasteiger partial charge in [0.1, 0.15) is 12.0 Å². The molecular formula is C12H18N4O5. The van der Waals surface area contributed by atoms with Gasteiger partial charge in [-0.05, 0) is 0 Å². The number of aromatic nitrogens is 1. The van der Waals surface area contributed by atoms with Crippen molar-refractivity contribution in [2.75, 3.05) is 45.8 Å². The van der Waals surface area contributed by atoms with Gasteiger partial charge in [-0.3, -0.25) is 14.9 Å². The van der Waals surface area contributed by atoms with Gasteiger partial charge in [0.05, 0.1) is 23.7 Å². The SMILES string of the molecule is CNc1ncc([N+](=O)[O-])cc1C(=O)N(CCO)CCOC. The van der Waals surface area contributed by atoms with Crippen molar-refractivity contribution in [2.24, 2.45) is 0 Å². The van der Waals surface area contributed by atoms with Crippen molar-refractivity contribution >= 4 is 17.4 Å². The summed E-state index contributed by atoms with van der Waals surface area (Å²) in [5, 5.41) is 22.6. The van der Waals surface area contributed by atoms with Crippen LogP contribution in [0.1, 0.15) is 10.4 Å². The molecule has 0 aromatic carbocycles. The molecule has 0 fully saturated rings. The van der Waals surface area contributed by atoms with Crippen LogP contribution in [0.15, 0.2) is 12.3 Å². The number of rotatable bonds is 8. The summed E-state index contributed by atoms with van der Waals surface area (Å²) in [5.41, 5.74) is -0.190. The van der Waals surface area contributed by atoms with Crippen LogP contribution in [-0.2, 0) is 4.74 Å². The van der Waals surface area contributed by atoms with Gasteiger partial charge in [-0.1, -0.05) is 0 Å². The molecule has 0 radical (unpaired) electrons. The molecule has 0 aliphatic rings. The van der Waals surface area contributed by atoms with E-state index in [1.54, 1.807) is 7.05 Å². The molecule has 116 valence electrons. The number of aliphatic hydroxyl groups excluding tert-OH is 1. The lowest BCUT2D eigenvalue weighted by molar-refractivity contribution is -0.385. The maximum atomic E-state index is 12.5. The Bertz CT molecular complexity index is 508. The summed E-state index contributed by atoms with van der Waals surface area (Å²) in [4.78, 5) is 27.9. The minimum atomic E-state index is -0.616. The van der Waals surface area contributed by atoms with Gasteiger partial charge in [0.25, 0.3) is 11.6 Å². The molecule has 1 amide bonds. The number of hydrogen-bond acceptors (Lipinski definition) is 7. The zero-order valence-corrected chi connectivity index (χ0v) is 11.9. The number of hydrogen-bond donors (Lipinski definition) is 2. The largest absolute Gasteiger partial charge is 0.395 e. The Kier molecular flexibility index (Phi) is 6.50. The van der Waals surface area contributed by atoms with Crippen molar-refractivity contribution in [1.82, 2.24) is 9.88 Å². The number of methoxy groups -OCH3 is 1. The Morgan fingerprint density at radius 2 is 2.29 bits per heavy atom. The van der Waals surface area contributed by atoms with Crippen molar-refractivity contribution in [3.05, 3.63) is 27.9 Å². The normalized spacial score (nSPS) is 10.2. The summed E-state index contributed by atoms with van der Waals surface area (Å²) in [6, 6.07) is 1.17. The maximum absolute atomic E-state index is 12.5. The molecule has 1 heterocycles. The van der Waals surface area contributed by atoms with Gasteiger partial charge in [-0.2, -0.15) is 0 Å². The molecule has 0 aliphatic carbocycles. The van der Waals surface area contributed by atoms with E-state index in [0.717, 1.165) is 6.20 Å². The highest BCUT2D eigenvalue weighted by atomic mass is 16.6. The zero-order valence-electron chi connectivity index (χ0n) is 11.9. The standard InChI is InChI=1S/C12H18N4O5/c1-13-11-10(7-9(8-14-11)16(19)20)12(18)15(3-5-17)4-6-21-2/h7-8,17H,3-6H2,1-2H3,(H,13,14). The lowest BCUT2D eigenvalue weighted by Crippen LogP contribution is -2.36. The number of pyridine rings is 1. The molecule has 0 unspecified atom stereocenters. The predicted molar refractivity (Wildman–Crippen MR) is 75.3 cm³/mol. The molecule has 0 atom stereocenters. The Morgan fingerprint density at radius 1 is 1.57 bits per heavy atom. The van der Waals surface area contributed by atoms with Gasteiger partial charge in [0.2, 0.25) is 0 Å². The second kappa shape index (κ2) is 8.12. The van der Waals surface area contributed by atoms with E-state index in [1.807, 2.05) is 0 Å². The third-order valence-corrected chi connectivity index (χ3v) is 2.77. The maximum Gasteiger partial charge on any atom is 0.288 e. The number of carbonyl (C=O) groups excluding carboxylic acids is 1. The molecule has 9 nitrogen and oxygen atoms in total. The van der Waals surface area contributed by atoms with E-state index in [2.05, 4.69) is 10.3 Å². The van der Waals surface area contributed by atoms with Crippen LogP contribution in [-0.4, -0.2) is 66.3 Å². The average molecular weight is 298 g/mol. The van der Waals surface area contributed by atoms with Crippen molar-refractivity contribution < 1.29 is 19.6 Å². The highest BCUT2D eigenvalue weighted by molar-refractivity contribution is 5.99. The van der Waals surface area contributed by atoms with Gasteiger partial charge >= 0.3 is 0 Å². The second-order valence-corrected chi connectivity index (χ2v) is 4.11. The fourth-order valence-electron chi connectivity index (χ4n) is 1.72. The number of nitrogens with one attached hydrogen (secondary N) is 1. The molecule has 21 heavy (non-hydrogen) atoms. The number of nitrogens with zero attached hydrogens (tertiary/aromatic N) is 3. The number of carbonyl (C=O) groups is 1.